The van der Waals surface area contributed by atoms with Crippen LogP contribution in [0.25, 0.3) is 22.3 Å². The lowest BCUT2D eigenvalue weighted by atomic mass is 10.1. The van der Waals surface area contributed by atoms with Crippen LogP contribution < -0.4 is 0 Å². The van der Waals surface area contributed by atoms with Crippen LogP contribution in [0.15, 0.2) is 36.8 Å². The fourth-order valence-corrected chi connectivity index (χ4v) is 3.16. The normalized spacial score (nSPS) is 14.7. The molecule has 3 heterocycles. The van der Waals surface area contributed by atoms with Crippen LogP contribution in [0.5, 0.6) is 0 Å². The largest absolute Gasteiger partial charge is 0.341 e. The third-order valence-corrected chi connectivity index (χ3v) is 4.39. The van der Waals surface area contributed by atoms with Crippen molar-refractivity contribution >= 4 is 16.8 Å². The van der Waals surface area contributed by atoms with Crippen LogP contribution in [-0.2, 0) is 18.4 Å². The summed E-state index contributed by atoms with van der Waals surface area (Å²) in [4.78, 5) is 18.6. The highest BCUT2D eigenvalue weighted by molar-refractivity contribution is 5.86. The maximum Gasteiger partial charge on any atom is 0.242 e. The molecule has 3 aromatic rings. The van der Waals surface area contributed by atoms with Crippen molar-refractivity contribution in [2.24, 2.45) is 7.05 Å². The predicted octanol–water partition coefficient (Wildman–Crippen LogP) is 2.06. The van der Waals surface area contributed by atoms with Crippen molar-refractivity contribution < 1.29 is 4.79 Å². The molecule has 0 spiro atoms. The van der Waals surface area contributed by atoms with Gasteiger partial charge in [0, 0.05) is 42.8 Å². The van der Waals surface area contributed by atoms with Gasteiger partial charge >= 0.3 is 0 Å². The van der Waals surface area contributed by atoms with Gasteiger partial charge in [0.05, 0.1) is 0 Å². The van der Waals surface area contributed by atoms with E-state index >= 15 is 0 Å². The van der Waals surface area contributed by atoms with Gasteiger partial charge in [-0.3, -0.25) is 9.48 Å². The zero-order valence-electron chi connectivity index (χ0n) is 13.1. The first-order valence-electron chi connectivity index (χ1n) is 7.93. The molecule has 23 heavy (non-hydrogen) atoms. The number of fused-ring (bicyclic) bond motifs is 1. The van der Waals surface area contributed by atoms with E-state index < -0.39 is 0 Å². The predicted molar refractivity (Wildman–Crippen MR) is 87.7 cm³/mol. The molecule has 0 N–H and O–H groups in total. The molecule has 6 heteroatoms. The van der Waals surface area contributed by atoms with Crippen LogP contribution in [0, 0.1) is 0 Å². The van der Waals surface area contributed by atoms with E-state index in [2.05, 4.69) is 16.1 Å². The Bertz CT molecular complexity index is 857. The SMILES string of the molecule is Cn1cnc(-c2ccc3c(ccn3CC(=O)N3CCCC3)c2)n1. The van der Waals surface area contributed by atoms with E-state index in [-0.39, 0.29) is 5.91 Å². The average Bonchev–Trinajstić information content (AvgIpc) is 3.27. The topological polar surface area (TPSA) is 56.0 Å². The van der Waals surface area contributed by atoms with Crippen molar-refractivity contribution in [2.45, 2.75) is 19.4 Å². The minimum Gasteiger partial charge on any atom is -0.341 e. The Morgan fingerprint density at radius 2 is 2.04 bits per heavy atom. The van der Waals surface area contributed by atoms with Gasteiger partial charge in [0.1, 0.15) is 12.9 Å². The first kappa shape index (κ1) is 14.0. The van der Waals surface area contributed by atoms with E-state index in [1.54, 1.807) is 11.0 Å². The fraction of sp³-hybridized carbons (Fsp3) is 0.353. The van der Waals surface area contributed by atoms with Gasteiger partial charge in [-0.2, -0.15) is 5.10 Å². The number of hydrogen-bond donors (Lipinski definition) is 0. The molecule has 0 aliphatic carbocycles. The molecule has 1 aromatic carbocycles. The van der Waals surface area contributed by atoms with Gasteiger partial charge in [0.15, 0.2) is 5.82 Å². The second-order valence-corrected chi connectivity index (χ2v) is 6.05. The third kappa shape index (κ3) is 2.60. The van der Waals surface area contributed by atoms with Crippen LogP contribution >= 0.6 is 0 Å². The maximum atomic E-state index is 12.3. The highest BCUT2D eigenvalue weighted by Crippen LogP contribution is 2.23. The molecule has 1 aliphatic heterocycles. The van der Waals surface area contributed by atoms with Gasteiger partial charge in [-0.05, 0) is 37.1 Å². The smallest absolute Gasteiger partial charge is 0.242 e. The first-order valence-corrected chi connectivity index (χ1v) is 7.93. The maximum absolute atomic E-state index is 12.3. The van der Waals surface area contributed by atoms with Crippen molar-refractivity contribution in [3.05, 3.63) is 36.8 Å². The molecule has 1 aliphatic rings. The van der Waals surface area contributed by atoms with Crippen molar-refractivity contribution in [1.29, 1.82) is 0 Å². The van der Waals surface area contributed by atoms with Crippen LogP contribution in [-0.4, -0.2) is 43.2 Å². The van der Waals surface area contributed by atoms with E-state index in [9.17, 15) is 4.79 Å². The number of rotatable bonds is 3. The van der Waals surface area contributed by atoms with Gasteiger partial charge < -0.3 is 9.47 Å². The Labute approximate surface area is 134 Å². The molecule has 0 atom stereocenters. The molecular formula is C17H19N5O. The van der Waals surface area contributed by atoms with Crippen molar-refractivity contribution in [2.75, 3.05) is 13.1 Å². The summed E-state index contributed by atoms with van der Waals surface area (Å²) < 4.78 is 3.71. The van der Waals surface area contributed by atoms with Crippen LogP contribution in [0.1, 0.15) is 12.8 Å². The molecule has 4 rings (SSSR count). The Morgan fingerprint density at radius 1 is 1.22 bits per heavy atom. The minimum atomic E-state index is 0.204. The summed E-state index contributed by atoms with van der Waals surface area (Å²) in [7, 11) is 1.86. The van der Waals surface area contributed by atoms with Crippen LogP contribution in [0.4, 0.5) is 0 Å². The molecule has 0 saturated carbocycles. The van der Waals surface area contributed by atoms with E-state index in [0.29, 0.717) is 6.54 Å². The molecule has 2 aromatic heterocycles. The van der Waals surface area contributed by atoms with Gasteiger partial charge in [-0.15, -0.1) is 0 Å². The fourth-order valence-electron chi connectivity index (χ4n) is 3.16. The molecule has 1 fully saturated rings. The van der Waals surface area contributed by atoms with Gasteiger partial charge in [-0.25, -0.2) is 4.98 Å². The molecule has 0 radical (unpaired) electrons. The molecule has 118 valence electrons. The average molecular weight is 309 g/mol. The molecule has 1 saturated heterocycles. The van der Waals surface area contributed by atoms with Crippen molar-refractivity contribution in [3.8, 4) is 11.4 Å². The number of likely N-dealkylation sites (tertiary alicyclic amines) is 1. The zero-order chi connectivity index (χ0) is 15.8. The molecule has 1 amide bonds. The Morgan fingerprint density at radius 3 is 2.78 bits per heavy atom. The number of benzene rings is 1. The summed E-state index contributed by atoms with van der Waals surface area (Å²) in [6.07, 6.45) is 5.92. The van der Waals surface area contributed by atoms with E-state index in [0.717, 1.165) is 48.2 Å². The lowest BCUT2D eigenvalue weighted by molar-refractivity contribution is -0.130. The Balaban J connectivity index is 1.61. The quantitative estimate of drug-likeness (QED) is 0.744. The van der Waals surface area contributed by atoms with Gasteiger partial charge in [0.25, 0.3) is 0 Å². The van der Waals surface area contributed by atoms with Crippen molar-refractivity contribution in [3.63, 3.8) is 0 Å². The van der Waals surface area contributed by atoms with Crippen LogP contribution in [0.3, 0.4) is 0 Å². The molecule has 0 unspecified atom stereocenters. The number of carbonyl (C=O) groups is 1. The Kier molecular flexibility index (Phi) is 3.37. The number of amides is 1. The first-order chi connectivity index (χ1) is 11.2. The summed E-state index contributed by atoms with van der Waals surface area (Å²) in [5, 5.41) is 5.43. The highest BCUT2D eigenvalue weighted by atomic mass is 16.2. The van der Waals surface area contributed by atoms with E-state index in [1.807, 2.05) is 40.9 Å². The van der Waals surface area contributed by atoms with Gasteiger partial charge in [0.2, 0.25) is 5.91 Å². The van der Waals surface area contributed by atoms with Crippen molar-refractivity contribution in [1.82, 2.24) is 24.2 Å². The third-order valence-electron chi connectivity index (χ3n) is 4.39. The second kappa shape index (κ2) is 5.53. The van der Waals surface area contributed by atoms with E-state index in [4.69, 9.17) is 0 Å². The number of hydrogen-bond acceptors (Lipinski definition) is 3. The molecular weight excluding hydrogens is 290 g/mol. The monoisotopic (exact) mass is 309 g/mol. The Hall–Kier alpha value is -2.63. The zero-order valence-corrected chi connectivity index (χ0v) is 13.1. The highest BCUT2D eigenvalue weighted by Gasteiger charge is 2.18. The molecule has 6 nitrogen and oxygen atoms in total. The molecule has 0 bridgehead atoms. The summed E-state index contributed by atoms with van der Waals surface area (Å²) in [6, 6.07) is 8.16. The number of aromatic nitrogens is 4. The number of carbonyl (C=O) groups excluding carboxylic acids is 1. The summed E-state index contributed by atoms with van der Waals surface area (Å²) in [6.45, 7) is 2.20. The van der Waals surface area contributed by atoms with Gasteiger partial charge in [-0.1, -0.05) is 0 Å². The lowest BCUT2D eigenvalue weighted by Gasteiger charge is -2.16. The summed E-state index contributed by atoms with van der Waals surface area (Å²) in [5.74, 6) is 0.922. The minimum absolute atomic E-state index is 0.204. The number of nitrogens with zero attached hydrogens (tertiary/aromatic N) is 5. The number of aryl methyl sites for hydroxylation is 1. The summed E-state index contributed by atoms with van der Waals surface area (Å²) >= 11 is 0. The standard InChI is InChI=1S/C17H19N5O/c1-20-12-18-17(19-20)14-4-5-15-13(10-14)6-9-22(15)11-16(23)21-7-2-3-8-21/h4-6,9-10,12H,2-3,7-8,11H2,1H3. The lowest BCUT2D eigenvalue weighted by Crippen LogP contribution is -2.30. The van der Waals surface area contributed by atoms with Crippen LogP contribution in [0.2, 0.25) is 0 Å². The second-order valence-electron chi connectivity index (χ2n) is 6.05. The summed E-state index contributed by atoms with van der Waals surface area (Å²) in [5.41, 5.74) is 2.05. The van der Waals surface area contributed by atoms with E-state index in [1.165, 1.54) is 0 Å².